The molecule has 1 amide bonds. The van der Waals surface area contributed by atoms with Crippen LogP contribution in [-0.2, 0) is 14.3 Å². The zero-order valence-electron chi connectivity index (χ0n) is 17.5. The number of carbonyl (C=O) groups is 4. The molecule has 0 fully saturated rings. The van der Waals surface area contributed by atoms with Crippen LogP contribution < -0.4 is 5.32 Å². The van der Waals surface area contributed by atoms with Gasteiger partial charge in [-0.15, -0.1) is 11.8 Å². The first kappa shape index (κ1) is 22.4. The number of nitrogens with one attached hydrogen (secondary N) is 1. The number of rotatable bonds is 6. The van der Waals surface area contributed by atoms with Crippen molar-refractivity contribution in [2.45, 2.75) is 16.9 Å². The molecule has 2 aromatic carbocycles. The van der Waals surface area contributed by atoms with Crippen molar-refractivity contribution in [1.82, 2.24) is 4.98 Å². The Morgan fingerprint density at radius 2 is 1.82 bits per heavy atom. The van der Waals surface area contributed by atoms with Crippen molar-refractivity contribution < 1.29 is 34.1 Å². The van der Waals surface area contributed by atoms with E-state index in [-0.39, 0.29) is 22.7 Å². The average Bonchev–Trinajstić information content (AvgIpc) is 3.03. The Hall–Kier alpha value is -3.76. The Morgan fingerprint density at radius 1 is 1.09 bits per heavy atom. The van der Waals surface area contributed by atoms with E-state index in [0.29, 0.717) is 16.5 Å². The van der Waals surface area contributed by atoms with Gasteiger partial charge in [-0.2, -0.15) is 0 Å². The molecule has 4 rings (SSSR count). The van der Waals surface area contributed by atoms with Gasteiger partial charge in [-0.05, 0) is 42.7 Å². The van der Waals surface area contributed by atoms with E-state index in [1.54, 1.807) is 24.3 Å². The summed E-state index contributed by atoms with van der Waals surface area (Å²) >= 11 is 1.44. The zero-order chi connectivity index (χ0) is 23.9. The van der Waals surface area contributed by atoms with Gasteiger partial charge in [0, 0.05) is 34.2 Å². The molecule has 1 heterocycles. The first-order valence-electron chi connectivity index (χ1n) is 9.71. The predicted molar refractivity (Wildman–Crippen MR) is 120 cm³/mol. The number of aromatic hydroxyl groups is 1. The highest BCUT2D eigenvalue weighted by atomic mass is 32.2. The highest BCUT2D eigenvalue weighted by molar-refractivity contribution is 7.98. The molecule has 3 aromatic rings. The number of Topliss-reactive ketones (excluding diaryl/α,β-unsaturated/α-hetero) is 2. The zero-order valence-corrected chi connectivity index (χ0v) is 18.3. The summed E-state index contributed by atoms with van der Waals surface area (Å²) in [7, 11) is 1.10. The third-order valence-electron chi connectivity index (χ3n) is 5.35. The van der Waals surface area contributed by atoms with Crippen molar-refractivity contribution in [2.75, 3.05) is 18.7 Å². The number of methoxy groups -OCH3 is 1. The number of hydrogen-bond donors (Lipinski definition) is 3. The van der Waals surface area contributed by atoms with Gasteiger partial charge >= 0.3 is 5.97 Å². The van der Waals surface area contributed by atoms with Gasteiger partial charge in [0.25, 0.3) is 5.91 Å². The topological polar surface area (TPSA) is 143 Å². The minimum Gasteiger partial charge on any atom is -0.506 e. The van der Waals surface area contributed by atoms with Crippen molar-refractivity contribution in [1.29, 1.82) is 0 Å². The number of benzene rings is 2. The van der Waals surface area contributed by atoms with Crippen molar-refractivity contribution >= 4 is 51.8 Å². The van der Waals surface area contributed by atoms with E-state index in [4.69, 9.17) is 5.11 Å². The van der Waals surface area contributed by atoms with Crippen LogP contribution in [-0.4, -0.2) is 58.1 Å². The van der Waals surface area contributed by atoms with E-state index in [1.807, 2.05) is 6.26 Å². The quantitative estimate of drug-likeness (QED) is 0.369. The number of carboxylic acids is 1. The van der Waals surface area contributed by atoms with E-state index >= 15 is 0 Å². The van der Waals surface area contributed by atoms with Crippen molar-refractivity contribution in [2.24, 2.45) is 0 Å². The third kappa shape index (κ3) is 3.94. The monoisotopic (exact) mass is 466 g/mol. The number of carbonyl (C=O) groups excluding carboxylic acids is 3. The number of pyridine rings is 1. The molecule has 1 aliphatic carbocycles. The van der Waals surface area contributed by atoms with Crippen LogP contribution in [0.3, 0.4) is 0 Å². The van der Waals surface area contributed by atoms with Gasteiger partial charge in [-0.3, -0.25) is 14.4 Å². The molecule has 0 aliphatic heterocycles. The minimum atomic E-state index is -1.69. The molecular formula is C23H18N2O7S. The van der Waals surface area contributed by atoms with Crippen LogP contribution in [0, 0.1) is 0 Å². The van der Waals surface area contributed by atoms with Crippen LogP contribution in [0.5, 0.6) is 5.75 Å². The van der Waals surface area contributed by atoms with Gasteiger partial charge < -0.3 is 20.3 Å². The van der Waals surface area contributed by atoms with E-state index in [0.717, 1.165) is 12.0 Å². The lowest BCUT2D eigenvalue weighted by molar-refractivity contribution is -0.153. The highest BCUT2D eigenvalue weighted by Crippen LogP contribution is 2.39. The standard InChI is InChI=1S/C23H18N2O7S/c1-32-21(23(30)31)22(29)24-11-4-3-10-7-16(26)18(25-15(10)8-11)17-19(27)13-6-5-12(33-2)9-14(13)20(17)28/h3-9,17,21,26H,1-2H3,(H,24,29)(H,30,31). The third-order valence-corrected chi connectivity index (χ3v) is 6.07. The summed E-state index contributed by atoms with van der Waals surface area (Å²) in [5.74, 6) is -4.78. The molecule has 0 bridgehead atoms. The van der Waals surface area contributed by atoms with Gasteiger partial charge in [0.2, 0.25) is 6.10 Å². The number of ketones is 2. The number of aromatic nitrogens is 1. The van der Waals surface area contributed by atoms with Gasteiger partial charge in [-0.25, -0.2) is 9.78 Å². The summed E-state index contributed by atoms with van der Waals surface area (Å²) in [6, 6.07) is 10.9. The highest BCUT2D eigenvalue weighted by Gasteiger charge is 2.42. The SMILES string of the molecule is COC(C(=O)O)C(=O)Nc1ccc2cc(O)c(C3C(=O)c4ccc(SC)cc4C3=O)nc2c1. The molecule has 0 spiro atoms. The summed E-state index contributed by atoms with van der Waals surface area (Å²) in [5, 5.41) is 22.5. The van der Waals surface area contributed by atoms with Gasteiger partial charge in [-0.1, -0.05) is 6.07 Å². The van der Waals surface area contributed by atoms with Crippen LogP contribution in [0.4, 0.5) is 5.69 Å². The summed E-state index contributed by atoms with van der Waals surface area (Å²) in [4.78, 5) is 54.5. The largest absolute Gasteiger partial charge is 0.506 e. The molecule has 1 aliphatic rings. The first-order chi connectivity index (χ1) is 15.7. The number of nitrogens with zero attached hydrogens (tertiary/aromatic N) is 1. The lowest BCUT2D eigenvalue weighted by Gasteiger charge is -2.13. The Morgan fingerprint density at radius 3 is 2.48 bits per heavy atom. The summed E-state index contributed by atoms with van der Waals surface area (Å²) in [6.07, 6.45) is 0.168. The lowest BCUT2D eigenvalue weighted by Crippen LogP contribution is -2.36. The molecule has 9 nitrogen and oxygen atoms in total. The van der Waals surface area contributed by atoms with Crippen LogP contribution in [0.1, 0.15) is 32.3 Å². The molecule has 2 unspecified atom stereocenters. The number of thioether (sulfide) groups is 1. The van der Waals surface area contributed by atoms with Crippen LogP contribution in [0.2, 0.25) is 0 Å². The van der Waals surface area contributed by atoms with E-state index in [2.05, 4.69) is 15.0 Å². The summed E-state index contributed by atoms with van der Waals surface area (Å²) < 4.78 is 4.67. The van der Waals surface area contributed by atoms with Crippen molar-refractivity contribution in [3.05, 3.63) is 59.3 Å². The number of carboxylic acid groups (broad SMARTS) is 1. The molecule has 3 N–H and O–H groups in total. The molecule has 10 heteroatoms. The second-order valence-corrected chi connectivity index (χ2v) is 8.20. The Labute approximate surface area is 191 Å². The molecule has 168 valence electrons. The Kier molecular flexibility index (Phi) is 5.88. The van der Waals surface area contributed by atoms with Crippen LogP contribution in [0.25, 0.3) is 10.9 Å². The van der Waals surface area contributed by atoms with Gasteiger partial charge in [0.15, 0.2) is 11.6 Å². The second kappa shape index (κ2) is 8.64. The smallest absolute Gasteiger partial charge is 0.342 e. The number of anilines is 1. The summed E-state index contributed by atoms with van der Waals surface area (Å²) in [5.41, 5.74) is 1.02. The lowest BCUT2D eigenvalue weighted by atomic mass is 9.97. The fraction of sp³-hybridized carbons (Fsp3) is 0.174. The number of aliphatic carboxylic acids is 1. The number of fused-ring (bicyclic) bond motifs is 2. The fourth-order valence-electron chi connectivity index (χ4n) is 3.74. The number of ether oxygens (including phenoxy) is 1. The molecule has 0 radical (unpaired) electrons. The van der Waals surface area contributed by atoms with Gasteiger partial charge in [0.05, 0.1) is 5.52 Å². The predicted octanol–water partition coefficient (Wildman–Crippen LogP) is 2.86. The Balaban J connectivity index is 1.71. The summed E-state index contributed by atoms with van der Waals surface area (Å²) in [6.45, 7) is 0. The first-order valence-corrected chi connectivity index (χ1v) is 10.9. The number of amides is 1. The molecule has 0 saturated carbocycles. The minimum absolute atomic E-state index is 0.0804. The fourth-order valence-corrected chi connectivity index (χ4v) is 4.18. The van der Waals surface area contributed by atoms with Crippen molar-refractivity contribution in [3.8, 4) is 5.75 Å². The molecule has 33 heavy (non-hydrogen) atoms. The average molecular weight is 466 g/mol. The number of hydrogen-bond acceptors (Lipinski definition) is 8. The molecule has 0 saturated heterocycles. The maximum Gasteiger partial charge on any atom is 0.342 e. The molecule has 2 atom stereocenters. The van der Waals surface area contributed by atoms with Crippen LogP contribution >= 0.6 is 11.8 Å². The second-order valence-electron chi connectivity index (χ2n) is 7.32. The van der Waals surface area contributed by atoms with Gasteiger partial charge in [0.1, 0.15) is 17.4 Å². The Bertz CT molecular complexity index is 1340. The van der Waals surface area contributed by atoms with Crippen LogP contribution in [0.15, 0.2) is 47.4 Å². The molecule has 1 aromatic heterocycles. The van der Waals surface area contributed by atoms with E-state index in [1.165, 1.54) is 30.0 Å². The maximum absolute atomic E-state index is 13.0. The van der Waals surface area contributed by atoms with E-state index in [9.17, 15) is 24.3 Å². The van der Waals surface area contributed by atoms with E-state index < -0.39 is 35.5 Å². The molecular weight excluding hydrogens is 448 g/mol. The maximum atomic E-state index is 13.0. The normalized spacial score (nSPS) is 16.0. The van der Waals surface area contributed by atoms with Crippen molar-refractivity contribution in [3.63, 3.8) is 0 Å².